The van der Waals surface area contributed by atoms with Gasteiger partial charge in [-0.3, -0.25) is 24.4 Å². The zero-order valence-corrected chi connectivity index (χ0v) is 22.9. The van der Waals surface area contributed by atoms with Crippen molar-refractivity contribution < 1.29 is 27.5 Å². The fraction of sp³-hybridized carbons (Fsp3) is 0.250. The second-order valence-corrected chi connectivity index (χ2v) is 11.6. The number of hydrogen-bond acceptors (Lipinski definition) is 8. The Morgan fingerprint density at radius 3 is 2.42 bits per heavy atom. The number of pyridine rings is 2. The van der Waals surface area contributed by atoms with Gasteiger partial charge in [-0.05, 0) is 31.2 Å². The summed E-state index contributed by atoms with van der Waals surface area (Å²) in [5, 5.41) is 0.398. The van der Waals surface area contributed by atoms with E-state index in [1.807, 2.05) is 6.92 Å². The van der Waals surface area contributed by atoms with Crippen molar-refractivity contribution in [3.8, 4) is 17.0 Å². The highest BCUT2D eigenvalue weighted by molar-refractivity contribution is 7.90. The first kappa shape index (κ1) is 27.0. The molecule has 0 radical (unpaired) electrons. The molecule has 3 aromatic heterocycles. The summed E-state index contributed by atoms with van der Waals surface area (Å²) in [6.45, 7) is 2.49. The molecule has 0 unspecified atom stereocenters. The van der Waals surface area contributed by atoms with Crippen molar-refractivity contribution in [2.45, 2.75) is 17.9 Å². The average molecular weight is 562 g/mol. The van der Waals surface area contributed by atoms with Gasteiger partial charge in [-0.15, -0.1) is 0 Å². The quantitative estimate of drug-likeness (QED) is 0.280. The van der Waals surface area contributed by atoms with Crippen LogP contribution < -0.4 is 4.74 Å². The van der Waals surface area contributed by atoms with Crippen LogP contribution in [-0.2, 0) is 14.6 Å². The van der Waals surface area contributed by atoms with Gasteiger partial charge in [0.25, 0.3) is 17.6 Å². The van der Waals surface area contributed by atoms with Crippen LogP contribution in [0, 0.1) is 0 Å². The molecule has 12 heteroatoms. The number of ether oxygens (including phenoxy) is 1. The van der Waals surface area contributed by atoms with E-state index >= 15 is 0 Å². The summed E-state index contributed by atoms with van der Waals surface area (Å²) in [5.74, 6) is -1.32. The van der Waals surface area contributed by atoms with Crippen LogP contribution in [0.5, 0.6) is 5.75 Å². The van der Waals surface area contributed by atoms with E-state index in [-0.39, 0.29) is 42.0 Å². The molecule has 0 bridgehead atoms. The SMILES string of the molecule is COc1cnc(-c2ccc(S(C)(=O)=O)cc2)c2[nH]cc(C(=O)C(=O)N3CCN(C(=O)c4ccccn4)[C@H](C)C3)c12. The van der Waals surface area contributed by atoms with E-state index in [0.717, 1.165) is 6.26 Å². The van der Waals surface area contributed by atoms with Crippen molar-refractivity contribution in [1.29, 1.82) is 0 Å². The normalized spacial score (nSPS) is 15.7. The highest BCUT2D eigenvalue weighted by Crippen LogP contribution is 2.35. The number of aromatic nitrogens is 3. The summed E-state index contributed by atoms with van der Waals surface area (Å²) in [6.07, 6.45) is 5.59. The fourth-order valence-corrected chi connectivity index (χ4v) is 5.50. The van der Waals surface area contributed by atoms with Gasteiger partial charge in [0.1, 0.15) is 11.4 Å². The van der Waals surface area contributed by atoms with Crippen LogP contribution >= 0.6 is 0 Å². The van der Waals surface area contributed by atoms with Gasteiger partial charge in [0.05, 0.1) is 40.4 Å². The molecular weight excluding hydrogens is 534 g/mol. The molecule has 1 aliphatic rings. The number of ketones is 1. The van der Waals surface area contributed by atoms with Gasteiger partial charge in [-0.2, -0.15) is 0 Å². The number of aromatic amines is 1. The Hall–Kier alpha value is -4.58. The zero-order chi connectivity index (χ0) is 28.6. The maximum Gasteiger partial charge on any atom is 0.295 e. The van der Waals surface area contributed by atoms with E-state index in [9.17, 15) is 22.8 Å². The Balaban J connectivity index is 1.41. The number of H-pyrrole nitrogens is 1. The minimum absolute atomic E-state index is 0.132. The monoisotopic (exact) mass is 561 g/mol. The number of piperazine rings is 1. The molecule has 40 heavy (non-hydrogen) atoms. The lowest BCUT2D eigenvalue weighted by Crippen LogP contribution is -2.56. The number of hydrogen-bond donors (Lipinski definition) is 1. The molecular formula is C28H27N5O6S. The molecule has 11 nitrogen and oxygen atoms in total. The molecule has 1 saturated heterocycles. The Labute approximate surface area is 230 Å². The molecule has 0 saturated carbocycles. The number of carbonyl (C=O) groups is 3. The lowest BCUT2D eigenvalue weighted by Gasteiger charge is -2.39. The number of amides is 2. The van der Waals surface area contributed by atoms with Gasteiger partial charge in [0, 0.05) is 49.9 Å². The predicted octanol–water partition coefficient (Wildman–Crippen LogP) is 2.59. The summed E-state index contributed by atoms with van der Waals surface area (Å²) in [5.41, 5.74) is 2.02. The molecule has 206 valence electrons. The molecule has 1 aliphatic heterocycles. The van der Waals surface area contributed by atoms with Crippen LogP contribution in [0.25, 0.3) is 22.2 Å². The van der Waals surface area contributed by atoms with Crippen molar-refractivity contribution in [3.05, 3.63) is 72.3 Å². The molecule has 4 aromatic rings. The summed E-state index contributed by atoms with van der Waals surface area (Å²) >= 11 is 0. The standard InChI is InChI=1S/C28H27N5O6S/c1-17-16-32(12-13-33(17)27(35)21-6-4-5-11-29-21)28(36)26(34)20-14-30-25-23(20)22(39-2)15-31-24(25)18-7-9-19(10-8-18)40(3,37)38/h4-11,14-15,17,30H,12-13,16H2,1-3H3/t17-/m1/s1. The molecule has 5 rings (SSSR count). The highest BCUT2D eigenvalue weighted by atomic mass is 32.2. The average Bonchev–Trinajstić information content (AvgIpc) is 3.41. The van der Waals surface area contributed by atoms with Crippen LogP contribution in [-0.4, -0.2) is 89.8 Å². The number of benzene rings is 1. The molecule has 1 aromatic carbocycles. The van der Waals surface area contributed by atoms with Gasteiger partial charge >= 0.3 is 0 Å². The maximum absolute atomic E-state index is 13.5. The van der Waals surface area contributed by atoms with Crippen LogP contribution in [0.2, 0.25) is 0 Å². The van der Waals surface area contributed by atoms with Crippen LogP contribution in [0.15, 0.2) is 66.0 Å². The Morgan fingerprint density at radius 2 is 1.80 bits per heavy atom. The minimum Gasteiger partial charge on any atom is -0.494 e. The topological polar surface area (TPSA) is 143 Å². The third-order valence-electron chi connectivity index (χ3n) is 6.95. The van der Waals surface area contributed by atoms with E-state index in [0.29, 0.717) is 33.6 Å². The van der Waals surface area contributed by atoms with Crippen LogP contribution in [0.3, 0.4) is 0 Å². The second kappa shape index (κ2) is 10.5. The largest absolute Gasteiger partial charge is 0.494 e. The van der Waals surface area contributed by atoms with Gasteiger partial charge in [-0.1, -0.05) is 18.2 Å². The van der Waals surface area contributed by atoms with Crippen molar-refractivity contribution in [2.24, 2.45) is 0 Å². The molecule has 0 spiro atoms. The maximum atomic E-state index is 13.5. The smallest absolute Gasteiger partial charge is 0.295 e. The molecule has 4 heterocycles. The van der Waals surface area contributed by atoms with Gasteiger partial charge in [0.2, 0.25) is 0 Å². The summed E-state index contributed by atoms with van der Waals surface area (Å²) < 4.78 is 29.2. The van der Waals surface area contributed by atoms with Gasteiger partial charge < -0.3 is 19.5 Å². The fourth-order valence-electron chi connectivity index (χ4n) is 4.87. The van der Waals surface area contributed by atoms with E-state index in [1.54, 1.807) is 41.4 Å². The Morgan fingerprint density at radius 1 is 1.05 bits per heavy atom. The van der Waals surface area contributed by atoms with Gasteiger partial charge in [0.15, 0.2) is 9.84 Å². The van der Waals surface area contributed by atoms with Crippen molar-refractivity contribution in [1.82, 2.24) is 24.8 Å². The van der Waals surface area contributed by atoms with Gasteiger partial charge in [-0.25, -0.2) is 8.42 Å². The Kier molecular flexibility index (Phi) is 7.11. The predicted molar refractivity (Wildman–Crippen MR) is 147 cm³/mol. The summed E-state index contributed by atoms with van der Waals surface area (Å²) in [4.78, 5) is 54.6. The molecule has 2 amide bonds. The lowest BCUT2D eigenvalue weighted by atomic mass is 10.0. The molecule has 1 atom stereocenters. The number of nitrogens with zero attached hydrogens (tertiary/aromatic N) is 4. The summed E-state index contributed by atoms with van der Waals surface area (Å²) in [6, 6.07) is 11.0. The molecule has 1 N–H and O–H groups in total. The molecule has 0 aliphatic carbocycles. The third-order valence-corrected chi connectivity index (χ3v) is 8.08. The number of methoxy groups -OCH3 is 1. The van der Waals surface area contributed by atoms with Crippen molar-refractivity contribution >= 4 is 38.3 Å². The number of sulfone groups is 1. The number of fused-ring (bicyclic) bond motifs is 1. The first-order chi connectivity index (χ1) is 19.1. The number of carbonyl (C=O) groups excluding carboxylic acids is 3. The van der Waals surface area contributed by atoms with Crippen molar-refractivity contribution in [2.75, 3.05) is 33.0 Å². The summed E-state index contributed by atoms with van der Waals surface area (Å²) in [7, 11) is -1.92. The van der Waals surface area contributed by atoms with E-state index in [2.05, 4.69) is 15.0 Å². The zero-order valence-electron chi connectivity index (χ0n) is 22.1. The number of nitrogens with one attached hydrogen (secondary N) is 1. The van der Waals surface area contributed by atoms with E-state index in [1.165, 1.54) is 36.5 Å². The lowest BCUT2D eigenvalue weighted by molar-refractivity contribution is -0.128. The van der Waals surface area contributed by atoms with Crippen LogP contribution in [0.4, 0.5) is 0 Å². The van der Waals surface area contributed by atoms with Crippen LogP contribution in [0.1, 0.15) is 27.8 Å². The third kappa shape index (κ3) is 4.93. The first-order valence-electron chi connectivity index (χ1n) is 12.5. The number of rotatable bonds is 6. The van der Waals surface area contributed by atoms with E-state index < -0.39 is 21.5 Å². The Bertz CT molecular complexity index is 1720. The minimum atomic E-state index is -3.37. The highest BCUT2D eigenvalue weighted by Gasteiger charge is 2.34. The van der Waals surface area contributed by atoms with E-state index in [4.69, 9.17) is 4.74 Å². The first-order valence-corrected chi connectivity index (χ1v) is 14.4. The van der Waals surface area contributed by atoms with Crippen molar-refractivity contribution in [3.63, 3.8) is 0 Å². The molecule has 1 fully saturated rings. The second-order valence-electron chi connectivity index (χ2n) is 9.57. The number of Topliss-reactive ketones (excluding diaryl/α,β-unsaturated/α-hetero) is 1.